The molecule has 0 saturated heterocycles. The third-order valence-corrected chi connectivity index (χ3v) is 6.46. The normalized spacial score (nSPS) is 12.3. The number of nitrogens with zero attached hydrogens (tertiary/aromatic N) is 1. The number of carbonyl (C=O) groups is 2. The molecule has 0 radical (unpaired) electrons. The standard InChI is InChI=1S/C33H41ClN2O6/c1-32(2,3)42-31(39)35-25(19-33(4,5)23-37)21-36(30(38)20-34)26-15-9-10-16-27(26)41-29-18-12-11-17-28(29)40-22-24-13-7-6-8-14-24/h6-18,25,37H,19-23H2,1-5H3,(H,35,39)/t25-/m0/s1. The van der Waals surface area contributed by atoms with Gasteiger partial charge in [-0.25, -0.2) is 4.79 Å². The summed E-state index contributed by atoms with van der Waals surface area (Å²) in [6.07, 6.45) is -0.248. The third kappa shape index (κ3) is 10.3. The van der Waals surface area contributed by atoms with Crippen LogP contribution in [0.25, 0.3) is 0 Å². The Hall–Kier alpha value is -3.75. The van der Waals surface area contributed by atoms with Crippen molar-refractivity contribution < 1.29 is 28.9 Å². The van der Waals surface area contributed by atoms with Gasteiger partial charge in [0.1, 0.15) is 18.1 Å². The molecule has 2 amide bonds. The summed E-state index contributed by atoms with van der Waals surface area (Å²) in [5, 5.41) is 12.8. The quantitative estimate of drug-likeness (QED) is 0.208. The molecule has 0 fully saturated rings. The fraction of sp³-hybridized carbons (Fsp3) is 0.394. The summed E-state index contributed by atoms with van der Waals surface area (Å²) in [7, 11) is 0. The molecule has 3 aromatic carbocycles. The summed E-state index contributed by atoms with van der Waals surface area (Å²) in [6, 6.07) is 23.7. The molecule has 226 valence electrons. The van der Waals surface area contributed by atoms with E-state index in [0.29, 0.717) is 36.0 Å². The summed E-state index contributed by atoms with van der Waals surface area (Å²) < 4.78 is 17.9. The number of amides is 2. The van der Waals surface area contributed by atoms with E-state index in [1.807, 2.05) is 62.4 Å². The highest BCUT2D eigenvalue weighted by Crippen LogP contribution is 2.37. The highest BCUT2D eigenvalue weighted by Gasteiger charge is 2.30. The summed E-state index contributed by atoms with van der Waals surface area (Å²) in [5.74, 6) is 0.765. The van der Waals surface area contributed by atoms with Crippen molar-refractivity contribution in [1.29, 1.82) is 0 Å². The minimum atomic E-state index is -0.705. The molecule has 0 aliphatic rings. The van der Waals surface area contributed by atoms with Gasteiger partial charge in [0.05, 0.1) is 11.7 Å². The molecule has 1 atom stereocenters. The number of alkyl carbamates (subject to hydrolysis) is 1. The van der Waals surface area contributed by atoms with Crippen molar-refractivity contribution in [2.24, 2.45) is 5.41 Å². The predicted molar refractivity (Wildman–Crippen MR) is 165 cm³/mol. The van der Waals surface area contributed by atoms with E-state index in [0.717, 1.165) is 5.56 Å². The monoisotopic (exact) mass is 596 g/mol. The lowest BCUT2D eigenvalue weighted by Crippen LogP contribution is -2.49. The van der Waals surface area contributed by atoms with Gasteiger partial charge in [0.15, 0.2) is 17.2 Å². The molecular weight excluding hydrogens is 556 g/mol. The number of halogens is 1. The van der Waals surface area contributed by atoms with E-state index in [-0.39, 0.29) is 24.9 Å². The van der Waals surface area contributed by atoms with Gasteiger partial charge in [0.25, 0.3) is 0 Å². The Bertz CT molecular complexity index is 1310. The average Bonchev–Trinajstić information content (AvgIpc) is 2.94. The van der Waals surface area contributed by atoms with Crippen LogP contribution >= 0.6 is 11.6 Å². The summed E-state index contributed by atoms with van der Waals surface area (Å²) in [4.78, 5) is 27.5. The molecule has 42 heavy (non-hydrogen) atoms. The van der Waals surface area contributed by atoms with Crippen LogP contribution in [0.5, 0.6) is 17.2 Å². The van der Waals surface area contributed by atoms with Gasteiger partial charge in [-0.3, -0.25) is 4.79 Å². The number of nitrogens with one attached hydrogen (secondary N) is 1. The van der Waals surface area contributed by atoms with Crippen molar-refractivity contribution in [1.82, 2.24) is 5.32 Å². The first-order valence-electron chi connectivity index (χ1n) is 13.9. The maximum atomic E-state index is 13.2. The molecule has 3 rings (SSSR count). The molecule has 0 saturated carbocycles. The van der Waals surface area contributed by atoms with Crippen LogP contribution in [0.2, 0.25) is 0 Å². The van der Waals surface area contributed by atoms with Crippen molar-refractivity contribution in [2.45, 2.75) is 59.3 Å². The Morgan fingerprint density at radius 2 is 1.48 bits per heavy atom. The maximum Gasteiger partial charge on any atom is 0.407 e. The van der Waals surface area contributed by atoms with Gasteiger partial charge in [-0.05, 0) is 62.4 Å². The summed E-state index contributed by atoms with van der Waals surface area (Å²) in [5.41, 5.74) is 0.239. The number of carbonyl (C=O) groups excluding carboxylic acids is 2. The molecule has 0 bridgehead atoms. The van der Waals surface area contributed by atoms with E-state index in [1.165, 1.54) is 4.90 Å². The van der Waals surface area contributed by atoms with Gasteiger partial charge in [-0.2, -0.15) is 0 Å². The second-order valence-electron chi connectivity index (χ2n) is 11.8. The largest absolute Gasteiger partial charge is 0.485 e. The number of alkyl halides is 1. The van der Waals surface area contributed by atoms with Crippen LogP contribution in [0.3, 0.4) is 0 Å². The molecule has 0 aromatic heterocycles. The molecule has 2 N–H and O–H groups in total. The van der Waals surface area contributed by atoms with Gasteiger partial charge in [-0.15, -0.1) is 11.6 Å². The zero-order valence-corrected chi connectivity index (χ0v) is 25.7. The zero-order chi connectivity index (χ0) is 30.8. The number of aliphatic hydroxyl groups is 1. The summed E-state index contributed by atoms with van der Waals surface area (Å²) >= 11 is 6.07. The number of benzene rings is 3. The Morgan fingerprint density at radius 1 is 0.881 bits per heavy atom. The number of anilines is 1. The minimum Gasteiger partial charge on any atom is -0.485 e. The zero-order valence-electron chi connectivity index (χ0n) is 24.9. The van der Waals surface area contributed by atoms with E-state index in [4.69, 9.17) is 25.8 Å². The van der Waals surface area contributed by atoms with Crippen molar-refractivity contribution in [3.05, 3.63) is 84.4 Å². The molecule has 3 aromatic rings. The summed E-state index contributed by atoms with van der Waals surface area (Å²) in [6.45, 7) is 9.41. The van der Waals surface area contributed by atoms with Crippen LogP contribution in [-0.2, 0) is 16.1 Å². The molecular formula is C33H41ClN2O6. The highest BCUT2D eigenvalue weighted by molar-refractivity contribution is 6.29. The van der Waals surface area contributed by atoms with Crippen molar-refractivity contribution in [3.63, 3.8) is 0 Å². The second-order valence-corrected chi connectivity index (χ2v) is 12.1. The van der Waals surface area contributed by atoms with E-state index < -0.39 is 23.2 Å². The van der Waals surface area contributed by atoms with E-state index in [1.54, 1.807) is 51.1 Å². The van der Waals surface area contributed by atoms with Crippen LogP contribution in [0.1, 0.15) is 46.6 Å². The Kier molecular flexibility index (Phi) is 11.6. The topological polar surface area (TPSA) is 97.3 Å². The number of para-hydroxylation sites is 4. The lowest BCUT2D eigenvalue weighted by molar-refractivity contribution is -0.116. The first-order chi connectivity index (χ1) is 19.9. The van der Waals surface area contributed by atoms with Crippen LogP contribution in [0.4, 0.5) is 10.5 Å². The lowest BCUT2D eigenvalue weighted by Gasteiger charge is -2.33. The molecule has 0 spiro atoms. The Labute approximate surface area is 253 Å². The number of hydrogen-bond donors (Lipinski definition) is 2. The SMILES string of the molecule is CC(C)(CO)C[C@@H](CN(C(=O)CCl)c1ccccc1Oc1ccccc1OCc1ccccc1)NC(=O)OC(C)(C)C. The highest BCUT2D eigenvalue weighted by atomic mass is 35.5. The van der Waals surface area contributed by atoms with E-state index in [9.17, 15) is 14.7 Å². The predicted octanol–water partition coefficient (Wildman–Crippen LogP) is 6.93. The Balaban J connectivity index is 1.91. The van der Waals surface area contributed by atoms with E-state index in [2.05, 4.69) is 5.32 Å². The smallest absolute Gasteiger partial charge is 0.407 e. The van der Waals surface area contributed by atoms with E-state index >= 15 is 0 Å². The minimum absolute atomic E-state index is 0.0702. The van der Waals surface area contributed by atoms with Gasteiger partial charge in [0, 0.05) is 13.2 Å². The lowest BCUT2D eigenvalue weighted by atomic mass is 9.86. The van der Waals surface area contributed by atoms with Gasteiger partial charge < -0.3 is 29.5 Å². The van der Waals surface area contributed by atoms with Crippen molar-refractivity contribution >= 4 is 29.3 Å². The number of hydrogen-bond acceptors (Lipinski definition) is 6. The molecule has 0 unspecified atom stereocenters. The van der Waals surface area contributed by atoms with Gasteiger partial charge in [0.2, 0.25) is 5.91 Å². The van der Waals surface area contributed by atoms with Crippen LogP contribution in [0.15, 0.2) is 78.9 Å². The van der Waals surface area contributed by atoms with Crippen molar-refractivity contribution in [3.8, 4) is 17.2 Å². The first-order valence-corrected chi connectivity index (χ1v) is 14.4. The third-order valence-electron chi connectivity index (χ3n) is 6.23. The molecule has 0 aliphatic heterocycles. The second kappa shape index (κ2) is 14.9. The van der Waals surface area contributed by atoms with Crippen LogP contribution in [-0.4, -0.2) is 47.8 Å². The molecule has 8 nitrogen and oxygen atoms in total. The van der Waals surface area contributed by atoms with Crippen LogP contribution in [0, 0.1) is 5.41 Å². The van der Waals surface area contributed by atoms with Gasteiger partial charge >= 0.3 is 6.09 Å². The fourth-order valence-electron chi connectivity index (χ4n) is 4.27. The maximum absolute atomic E-state index is 13.2. The first kappa shape index (κ1) is 32.8. The average molecular weight is 597 g/mol. The van der Waals surface area contributed by atoms with Crippen molar-refractivity contribution in [2.75, 3.05) is 23.9 Å². The van der Waals surface area contributed by atoms with Crippen LogP contribution < -0.4 is 19.7 Å². The van der Waals surface area contributed by atoms with Gasteiger partial charge in [-0.1, -0.05) is 68.4 Å². The number of ether oxygens (including phenoxy) is 3. The Morgan fingerprint density at radius 3 is 2.10 bits per heavy atom. The molecule has 0 heterocycles. The number of rotatable bonds is 13. The molecule has 0 aliphatic carbocycles. The molecule has 9 heteroatoms. The fourth-order valence-corrected chi connectivity index (χ4v) is 4.41. The number of aliphatic hydroxyl groups excluding tert-OH is 1.